The summed E-state index contributed by atoms with van der Waals surface area (Å²) in [6.07, 6.45) is 0.524. The first-order chi connectivity index (χ1) is 7.63. The maximum Gasteiger partial charge on any atom is 0.338 e. The van der Waals surface area contributed by atoms with Gasteiger partial charge >= 0.3 is 5.97 Å². The van der Waals surface area contributed by atoms with Crippen LogP contribution in [0.4, 0.5) is 0 Å². The molecule has 4 nitrogen and oxygen atoms in total. The van der Waals surface area contributed by atoms with Crippen LogP contribution in [0.25, 0.3) is 0 Å². The Hall–Kier alpha value is -1.80. The van der Waals surface area contributed by atoms with Crippen molar-refractivity contribution in [1.29, 1.82) is 5.26 Å². The molecule has 0 aliphatic rings. The molecular formula is C11H9NO3S. The largest absolute Gasteiger partial charge is 0.462 e. The first-order valence-corrected chi connectivity index (χ1v) is 4.98. The van der Waals surface area contributed by atoms with Crippen molar-refractivity contribution in [1.82, 2.24) is 0 Å². The molecule has 0 saturated heterocycles. The molecule has 0 bridgehead atoms. The molecule has 0 spiro atoms. The van der Waals surface area contributed by atoms with E-state index in [-0.39, 0.29) is 28.2 Å². The molecule has 0 radical (unpaired) electrons. The predicted molar refractivity (Wildman–Crippen MR) is 59.8 cm³/mol. The van der Waals surface area contributed by atoms with E-state index in [4.69, 9.17) is 10.00 Å². The van der Waals surface area contributed by atoms with Crippen molar-refractivity contribution < 1.29 is 14.3 Å². The molecule has 16 heavy (non-hydrogen) atoms. The summed E-state index contributed by atoms with van der Waals surface area (Å²) >= 11 is 4.04. The summed E-state index contributed by atoms with van der Waals surface area (Å²) in [7, 11) is 0. The zero-order chi connectivity index (χ0) is 12.1. The number of nitriles is 1. The highest BCUT2D eigenvalue weighted by Crippen LogP contribution is 2.20. The van der Waals surface area contributed by atoms with Crippen LogP contribution in [-0.2, 0) is 4.74 Å². The van der Waals surface area contributed by atoms with E-state index >= 15 is 0 Å². The van der Waals surface area contributed by atoms with Crippen molar-refractivity contribution in [3.63, 3.8) is 0 Å². The number of ether oxygens (including phenoxy) is 1. The van der Waals surface area contributed by atoms with Gasteiger partial charge in [-0.3, -0.25) is 4.79 Å². The summed E-state index contributed by atoms with van der Waals surface area (Å²) in [5, 5.41) is 8.74. The number of carbonyl (C=O) groups is 2. The molecule has 0 unspecified atom stereocenters. The average Bonchev–Trinajstić information content (AvgIpc) is 2.28. The molecule has 0 N–H and O–H groups in total. The molecule has 82 valence electrons. The van der Waals surface area contributed by atoms with Crippen LogP contribution in [0, 0.1) is 11.3 Å². The van der Waals surface area contributed by atoms with Gasteiger partial charge < -0.3 is 4.74 Å². The SMILES string of the molecule is CCOC(=O)c1cc(C#N)cc(S)c1C=O. The molecule has 0 amide bonds. The third kappa shape index (κ3) is 2.41. The number of nitrogens with zero attached hydrogens (tertiary/aromatic N) is 1. The molecule has 1 aromatic carbocycles. The van der Waals surface area contributed by atoms with Crippen LogP contribution in [0.5, 0.6) is 0 Å². The van der Waals surface area contributed by atoms with E-state index in [9.17, 15) is 9.59 Å². The van der Waals surface area contributed by atoms with E-state index < -0.39 is 5.97 Å². The van der Waals surface area contributed by atoms with Crippen molar-refractivity contribution in [3.8, 4) is 6.07 Å². The summed E-state index contributed by atoms with van der Waals surface area (Å²) in [6.45, 7) is 1.87. The van der Waals surface area contributed by atoms with Crippen molar-refractivity contribution in [2.24, 2.45) is 0 Å². The minimum absolute atomic E-state index is 0.0703. The molecular weight excluding hydrogens is 226 g/mol. The van der Waals surface area contributed by atoms with E-state index in [0.29, 0.717) is 6.29 Å². The van der Waals surface area contributed by atoms with Crippen LogP contribution in [0.2, 0.25) is 0 Å². The number of hydrogen-bond donors (Lipinski definition) is 1. The van der Waals surface area contributed by atoms with Gasteiger partial charge in [-0.15, -0.1) is 12.6 Å². The number of thiol groups is 1. The van der Waals surface area contributed by atoms with E-state index in [0.717, 1.165) is 0 Å². The lowest BCUT2D eigenvalue weighted by atomic mass is 10.1. The third-order valence-corrected chi connectivity index (χ3v) is 2.27. The monoisotopic (exact) mass is 235 g/mol. The van der Waals surface area contributed by atoms with E-state index in [1.807, 2.05) is 6.07 Å². The number of carbonyl (C=O) groups excluding carboxylic acids is 2. The molecule has 0 fully saturated rings. The van der Waals surface area contributed by atoms with E-state index in [1.54, 1.807) is 6.92 Å². The first kappa shape index (κ1) is 12.3. The van der Waals surface area contributed by atoms with Gasteiger partial charge in [0.1, 0.15) is 0 Å². The van der Waals surface area contributed by atoms with E-state index in [2.05, 4.69) is 12.6 Å². The average molecular weight is 235 g/mol. The fraction of sp³-hybridized carbons (Fsp3) is 0.182. The van der Waals surface area contributed by atoms with Gasteiger partial charge in [0.05, 0.1) is 23.8 Å². The molecule has 1 aromatic rings. The van der Waals surface area contributed by atoms with Gasteiger partial charge in [-0.2, -0.15) is 5.26 Å². The number of rotatable bonds is 3. The molecule has 5 heteroatoms. The molecule has 0 aromatic heterocycles. The summed E-state index contributed by atoms with van der Waals surface area (Å²) in [5.74, 6) is -0.628. The van der Waals surface area contributed by atoms with Crippen LogP contribution in [0.3, 0.4) is 0 Å². The highest BCUT2D eigenvalue weighted by atomic mass is 32.1. The molecule has 0 saturated carbocycles. The lowest BCUT2D eigenvalue weighted by Crippen LogP contribution is -2.09. The second-order valence-corrected chi connectivity index (χ2v) is 3.39. The zero-order valence-corrected chi connectivity index (χ0v) is 9.45. The first-order valence-electron chi connectivity index (χ1n) is 4.53. The molecule has 0 aliphatic carbocycles. The summed E-state index contributed by atoms with van der Waals surface area (Å²) in [5.41, 5.74) is 0.473. The van der Waals surface area contributed by atoms with Crippen molar-refractivity contribution in [2.75, 3.05) is 6.61 Å². The molecule has 0 atom stereocenters. The van der Waals surface area contributed by atoms with Gasteiger partial charge in [-0.05, 0) is 19.1 Å². The Kier molecular flexibility index (Phi) is 4.09. The van der Waals surface area contributed by atoms with Gasteiger partial charge in [0, 0.05) is 10.5 Å². The molecule has 0 heterocycles. The Morgan fingerprint density at radius 2 is 2.31 bits per heavy atom. The maximum absolute atomic E-state index is 11.5. The Bertz CT molecular complexity index is 477. The molecule has 0 aliphatic heterocycles. The van der Waals surface area contributed by atoms with Crippen LogP contribution >= 0.6 is 12.6 Å². The fourth-order valence-corrected chi connectivity index (χ4v) is 1.52. The Labute approximate surface area is 98.2 Å². The predicted octanol–water partition coefficient (Wildman–Crippen LogP) is 1.84. The highest BCUT2D eigenvalue weighted by molar-refractivity contribution is 7.80. The van der Waals surface area contributed by atoms with Gasteiger partial charge in [0.15, 0.2) is 6.29 Å². The molecule has 1 rings (SSSR count). The number of esters is 1. The second kappa shape index (κ2) is 5.33. The van der Waals surface area contributed by atoms with Crippen LogP contribution in [-0.4, -0.2) is 18.9 Å². The van der Waals surface area contributed by atoms with E-state index in [1.165, 1.54) is 12.1 Å². The third-order valence-electron chi connectivity index (χ3n) is 1.90. The standard InChI is InChI=1S/C11H9NO3S/c1-2-15-11(14)8-3-7(5-12)4-10(16)9(8)6-13/h3-4,6,16H,2H2,1H3. The zero-order valence-electron chi connectivity index (χ0n) is 8.56. The topological polar surface area (TPSA) is 67.2 Å². The lowest BCUT2D eigenvalue weighted by Gasteiger charge is -2.06. The van der Waals surface area contributed by atoms with Crippen molar-refractivity contribution >= 4 is 24.9 Å². The highest BCUT2D eigenvalue weighted by Gasteiger charge is 2.16. The quantitative estimate of drug-likeness (QED) is 0.493. The summed E-state index contributed by atoms with van der Waals surface area (Å²) < 4.78 is 4.78. The van der Waals surface area contributed by atoms with Gasteiger partial charge in [0.2, 0.25) is 0 Å². The maximum atomic E-state index is 11.5. The Balaban J connectivity index is 3.35. The van der Waals surface area contributed by atoms with Crippen LogP contribution in [0.15, 0.2) is 17.0 Å². The number of hydrogen-bond acceptors (Lipinski definition) is 5. The van der Waals surface area contributed by atoms with Crippen molar-refractivity contribution in [3.05, 3.63) is 28.8 Å². The summed E-state index contributed by atoms with van der Waals surface area (Å²) in [6, 6.07) is 4.63. The number of aldehydes is 1. The summed E-state index contributed by atoms with van der Waals surface area (Å²) in [4.78, 5) is 22.6. The van der Waals surface area contributed by atoms with Crippen molar-refractivity contribution in [2.45, 2.75) is 11.8 Å². The Morgan fingerprint density at radius 3 is 2.81 bits per heavy atom. The van der Waals surface area contributed by atoms with Crippen LogP contribution < -0.4 is 0 Å². The number of benzene rings is 1. The lowest BCUT2D eigenvalue weighted by molar-refractivity contribution is 0.0523. The van der Waals surface area contributed by atoms with Crippen LogP contribution in [0.1, 0.15) is 33.2 Å². The minimum Gasteiger partial charge on any atom is -0.462 e. The van der Waals surface area contributed by atoms with Gasteiger partial charge in [-0.1, -0.05) is 0 Å². The Morgan fingerprint density at radius 1 is 1.62 bits per heavy atom. The normalized spacial score (nSPS) is 9.31. The smallest absolute Gasteiger partial charge is 0.338 e. The van der Waals surface area contributed by atoms with Gasteiger partial charge in [0.25, 0.3) is 0 Å². The van der Waals surface area contributed by atoms with Gasteiger partial charge in [-0.25, -0.2) is 4.79 Å². The minimum atomic E-state index is -0.628. The fourth-order valence-electron chi connectivity index (χ4n) is 1.20. The second-order valence-electron chi connectivity index (χ2n) is 2.91.